The number of benzene rings is 9. The Bertz CT molecular complexity index is 3960. The molecule has 0 aliphatic heterocycles. The molecule has 0 spiro atoms. The Kier molecular flexibility index (Phi) is 9.31. The molecule has 318 valence electrons. The fourth-order valence-corrected chi connectivity index (χ4v) is 9.23. The predicted molar refractivity (Wildman–Crippen MR) is 273 cm³/mol. The Morgan fingerprint density at radius 2 is 0.706 bits per heavy atom. The van der Waals surface area contributed by atoms with Crippen molar-refractivity contribution in [1.29, 1.82) is 0 Å². The second-order valence-electron chi connectivity index (χ2n) is 16.7. The number of hydrogen-bond acceptors (Lipinski definition) is 7. The van der Waals surface area contributed by atoms with Crippen LogP contribution in [0.5, 0.6) is 0 Å². The van der Waals surface area contributed by atoms with Gasteiger partial charge in [-0.2, -0.15) is 0 Å². The first-order valence-corrected chi connectivity index (χ1v) is 22.5. The molecular weight excluding hydrogens is 835 g/mol. The molecule has 0 aliphatic rings. The van der Waals surface area contributed by atoms with Gasteiger partial charge in [0.2, 0.25) is 0 Å². The van der Waals surface area contributed by atoms with Crippen molar-refractivity contribution in [3.8, 4) is 85.1 Å². The molecule has 8 nitrogen and oxygen atoms in total. The smallest absolute Gasteiger partial charge is 0.166 e. The molecule has 0 N–H and O–H groups in total. The summed E-state index contributed by atoms with van der Waals surface area (Å²) >= 11 is 0. The first-order valence-electron chi connectivity index (χ1n) is 22.5. The van der Waals surface area contributed by atoms with Crippen LogP contribution in [-0.4, -0.2) is 34.5 Å². The van der Waals surface area contributed by atoms with Crippen LogP contribution in [0, 0.1) is 0 Å². The maximum Gasteiger partial charge on any atom is 0.166 e. The Labute approximate surface area is 390 Å². The summed E-state index contributed by atoms with van der Waals surface area (Å²) in [6.45, 7) is 0. The van der Waals surface area contributed by atoms with Crippen LogP contribution in [0.15, 0.2) is 229 Å². The van der Waals surface area contributed by atoms with E-state index in [9.17, 15) is 0 Å². The summed E-state index contributed by atoms with van der Waals surface area (Å²) in [5, 5.41) is 4.29. The highest BCUT2D eigenvalue weighted by atomic mass is 16.3. The van der Waals surface area contributed by atoms with Crippen molar-refractivity contribution in [2.75, 3.05) is 0 Å². The Balaban J connectivity index is 1.10. The molecule has 0 atom stereocenters. The van der Waals surface area contributed by atoms with Gasteiger partial charge in [-0.05, 0) is 65.7 Å². The highest BCUT2D eigenvalue weighted by Crippen LogP contribution is 2.40. The van der Waals surface area contributed by atoms with Gasteiger partial charge in [0.15, 0.2) is 34.9 Å². The van der Waals surface area contributed by atoms with Crippen molar-refractivity contribution < 1.29 is 4.42 Å². The molecule has 0 unspecified atom stereocenters. The molecule has 0 bridgehead atoms. The van der Waals surface area contributed by atoms with Gasteiger partial charge in [-0.15, -0.1) is 0 Å². The summed E-state index contributed by atoms with van der Waals surface area (Å²) in [7, 11) is 0. The van der Waals surface area contributed by atoms with Crippen molar-refractivity contribution in [3.63, 3.8) is 0 Å². The van der Waals surface area contributed by atoms with E-state index in [4.69, 9.17) is 34.3 Å². The van der Waals surface area contributed by atoms with Crippen LogP contribution in [-0.2, 0) is 0 Å². The zero-order valence-electron chi connectivity index (χ0n) is 36.4. The van der Waals surface area contributed by atoms with Gasteiger partial charge in [0.05, 0.1) is 16.7 Å². The molecule has 8 heteroatoms. The van der Waals surface area contributed by atoms with Gasteiger partial charge in [-0.1, -0.05) is 170 Å². The third kappa shape index (κ3) is 6.87. The van der Waals surface area contributed by atoms with Crippen molar-refractivity contribution in [2.45, 2.75) is 0 Å². The van der Waals surface area contributed by atoms with E-state index in [1.165, 1.54) is 0 Å². The summed E-state index contributed by atoms with van der Waals surface area (Å²) in [6, 6.07) is 76.5. The van der Waals surface area contributed by atoms with Crippen LogP contribution in [0.4, 0.5) is 0 Å². The third-order valence-electron chi connectivity index (χ3n) is 12.5. The number of furan rings is 1. The lowest BCUT2D eigenvalue weighted by Crippen LogP contribution is -2.05. The molecule has 13 rings (SSSR count). The average Bonchev–Trinajstić information content (AvgIpc) is 3.96. The maximum atomic E-state index is 6.25. The predicted octanol–water partition coefficient (Wildman–Crippen LogP) is 14.7. The van der Waals surface area contributed by atoms with E-state index in [1.54, 1.807) is 0 Å². The van der Waals surface area contributed by atoms with Gasteiger partial charge in [-0.25, -0.2) is 29.9 Å². The lowest BCUT2D eigenvalue weighted by Gasteiger charge is -2.16. The topological polar surface area (TPSA) is 95.4 Å². The molecule has 0 amide bonds. The van der Waals surface area contributed by atoms with Crippen LogP contribution < -0.4 is 0 Å². The zero-order valence-corrected chi connectivity index (χ0v) is 36.4. The molecule has 68 heavy (non-hydrogen) atoms. The minimum absolute atomic E-state index is 0.494. The van der Waals surface area contributed by atoms with Gasteiger partial charge in [0, 0.05) is 54.9 Å². The van der Waals surface area contributed by atoms with Crippen molar-refractivity contribution >= 4 is 43.7 Å². The van der Waals surface area contributed by atoms with E-state index >= 15 is 0 Å². The Hall–Kier alpha value is -9.40. The molecule has 0 saturated carbocycles. The molecule has 13 aromatic rings. The second kappa shape index (κ2) is 16.2. The summed E-state index contributed by atoms with van der Waals surface area (Å²) in [6.07, 6.45) is 0. The van der Waals surface area contributed by atoms with Crippen LogP contribution in [0.2, 0.25) is 0 Å². The standard InChI is InChI=1S/C60H37N7O/c1-5-17-38(18-6-1)42-29-32-46-45-25-13-15-27-50(45)67(52(46)37-42)51-33-30-43(58-62-55(39-19-7-2-8-20-39)61-56(63-58)40-21-9-3-10-22-40)36-49(51)60-65-57(41-23-11-4-12-24-41)64-59(66-60)44-31-34-54-48(35-44)47-26-14-16-28-53(47)68-54/h1-37H. The highest BCUT2D eigenvalue weighted by molar-refractivity contribution is 6.11. The van der Waals surface area contributed by atoms with E-state index < -0.39 is 0 Å². The monoisotopic (exact) mass is 871 g/mol. The minimum Gasteiger partial charge on any atom is -0.456 e. The zero-order chi connectivity index (χ0) is 45.0. The maximum absolute atomic E-state index is 6.25. The average molecular weight is 872 g/mol. The number of rotatable bonds is 8. The van der Waals surface area contributed by atoms with Crippen molar-refractivity contribution in [2.24, 2.45) is 0 Å². The second-order valence-corrected chi connectivity index (χ2v) is 16.7. The minimum atomic E-state index is 0.494. The van der Waals surface area contributed by atoms with Crippen LogP contribution in [0.3, 0.4) is 0 Å². The lowest BCUT2D eigenvalue weighted by atomic mass is 10.0. The summed E-state index contributed by atoms with van der Waals surface area (Å²) in [5.41, 5.74) is 11.9. The lowest BCUT2D eigenvalue weighted by molar-refractivity contribution is 0.669. The molecule has 0 saturated heterocycles. The van der Waals surface area contributed by atoms with Crippen molar-refractivity contribution in [3.05, 3.63) is 224 Å². The molecule has 0 fully saturated rings. The first kappa shape index (κ1) is 39.0. The molecule has 0 radical (unpaired) electrons. The molecule has 4 heterocycles. The Morgan fingerprint density at radius 3 is 1.32 bits per heavy atom. The molecule has 4 aromatic heterocycles. The van der Waals surface area contributed by atoms with Crippen LogP contribution in [0.25, 0.3) is 129 Å². The van der Waals surface area contributed by atoms with Gasteiger partial charge in [0.1, 0.15) is 11.2 Å². The van der Waals surface area contributed by atoms with Gasteiger partial charge in [-0.3, -0.25) is 0 Å². The highest BCUT2D eigenvalue weighted by Gasteiger charge is 2.23. The number of aromatic nitrogens is 7. The largest absolute Gasteiger partial charge is 0.456 e. The molecule has 0 aliphatic carbocycles. The number of fused-ring (bicyclic) bond motifs is 6. The number of nitrogens with zero attached hydrogens (tertiary/aromatic N) is 7. The summed E-state index contributed by atoms with van der Waals surface area (Å²) < 4.78 is 8.59. The molecule has 9 aromatic carbocycles. The van der Waals surface area contributed by atoms with E-state index in [0.717, 1.165) is 93.9 Å². The van der Waals surface area contributed by atoms with E-state index in [1.807, 2.05) is 127 Å². The van der Waals surface area contributed by atoms with Crippen LogP contribution >= 0.6 is 0 Å². The van der Waals surface area contributed by atoms with E-state index in [-0.39, 0.29) is 0 Å². The number of para-hydroxylation sites is 2. The fourth-order valence-electron chi connectivity index (χ4n) is 9.23. The normalized spacial score (nSPS) is 11.5. The Morgan fingerprint density at radius 1 is 0.265 bits per heavy atom. The van der Waals surface area contributed by atoms with E-state index in [2.05, 4.69) is 102 Å². The van der Waals surface area contributed by atoms with Gasteiger partial charge in [0.25, 0.3) is 0 Å². The van der Waals surface area contributed by atoms with Crippen LogP contribution in [0.1, 0.15) is 0 Å². The van der Waals surface area contributed by atoms with E-state index in [0.29, 0.717) is 34.9 Å². The third-order valence-corrected chi connectivity index (χ3v) is 12.5. The first-order chi connectivity index (χ1) is 33.7. The number of hydrogen-bond donors (Lipinski definition) is 0. The van der Waals surface area contributed by atoms with Gasteiger partial charge < -0.3 is 8.98 Å². The van der Waals surface area contributed by atoms with Crippen molar-refractivity contribution in [1.82, 2.24) is 34.5 Å². The SMILES string of the molecule is c1ccc(-c2ccc3c4ccccc4n(-c4ccc(-c5nc(-c6ccccc6)nc(-c6ccccc6)n5)cc4-c4nc(-c5ccccc5)nc(-c5ccc6oc7ccccc7c6c5)n4)c3c2)cc1. The molecular formula is C60H37N7O. The summed E-state index contributed by atoms with van der Waals surface area (Å²) in [4.78, 5) is 31.3. The summed E-state index contributed by atoms with van der Waals surface area (Å²) in [5.74, 6) is 3.25. The fraction of sp³-hybridized carbons (Fsp3) is 0. The van der Waals surface area contributed by atoms with Gasteiger partial charge >= 0.3 is 0 Å². The quantitative estimate of drug-likeness (QED) is 0.150.